The van der Waals surface area contributed by atoms with E-state index in [9.17, 15) is 4.39 Å². The Bertz CT molecular complexity index is 565. The number of hydrazine groups is 1. The summed E-state index contributed by atoms with van der Waals surface area (Å²) in [6.07, 6.45) is 3.08. The van der Waals surface area contributed by atoms with Crippen LogP contribution in [0.15, 0.2) is 41.1 Å². The lowest BCUT2D eigenvalue weighted by Gasteiger charge is -2.18. The fourth-order valence-electron chi connectivity index (χ4n) is 1.71. The van der Waals surface area contributed by atoms with Crippen LogP contribution in [0.5, 0.6) is 0 Å². The smallest absolute Gasteiger partial charge is 0.142 e. The molecule has 1 heterocycles. The molecular weight excluding hydrogens is 321 g/mol. The predicted molar refractivity (Wildman–Crippen MR) is 72.5 cm³/mol. The van der Waals surface area contributed by atoms with Crippen LogP contribution >= 0.6 is 27.5 Å². The molecule has 0 amide bonds. The zero-order valence-electron chi connectivity index (χ0n) is 9.20. The summed E-state index contributed by atoms with van der Waals surface area (Å²) in [5, 5.41) is 0.430. The van der Waals surface area contributed by atoms with Gasteiger partial charge in [0.15, 0.2) is 0 Å². The summed E-state index contributed by atoms with van der Waals surface area (Å²) in [6.45, 7) is 0. The SMILES string of the molecule is NNC(c1ccncc1Cl)c1cccc(Br)c1F. The molecule has 2 aromatic rings. The highest BCUT2D eigenvalue weighted by molar-refractivity contribution is 9.10. The van der Waals surface area contributed by atoms with Gasteiger partial charge in [-0.05, 0) is 33.6 Å². The molecule has 0 spiro atoms. The van der Waals surface area contributed by atoms with Crippen molar-refractivity contribution in [1.82, 2.24) is 10.4 Å². The summed E-state index contributed by atoms with van der Waals surface area (Å²) in [5.74, 6) is 5.15. The van der Waals surface area contributed by atoms with Crippen LogP contribution in [0.4, 0.5) is 4.39 Å². The monoisotopic (exact) mass is 329 g/mol. The maximum absolute atomic E-state index is 14.1. The summed E-state index contributed by atoms with van der Waals surface area (Å²) in [4.78, 5) is 3.89. The number of hydrogen-bond acceptors (Lipinski definition) is 3. The zero-order chi connectivity index (χ0) is 13.1. The van der Waals surface area contributed by atoms with Gasteiger partial charge in [0.05, 0.1) is 15.5 Å². The van der Waals surface area contributed by atoms with E-state index in [0.717, 1.165) is 0 Å². The number of nitrogens with one attached hydrogen (secondary N) is 1. The number of nitrogens with zero attached hydrogens (tertiary/aromatic N) is 1. The standard InChI is InChI=1S/C12H10BrClFN3/c13-9-3-1-2-8(11(9)15)12(18-16)7-4-5-17-6-10(7)14/h1-6,12,18H,16H2. The summed E-state index contributed by atoms with van der Waals surface area (Å²) < 4.78 is 14.4. The second kappa shape index (κ2) is 5.75. The summed E-state index contributed by atoms with van der Waals surface area (Å²) in [7, 11) is 0. The molecule has 3 nitrogen and oxygen atoms in total. The first-order chi connectivity index (χ1) is 8.65. The maximum atomic E-state index is 14.1. The molecule has 6 heteroatoms. The third-order valence-electron chi connectivity index (χ3n) is 2.57. The lowest BCUT2D eigenvalue weighted by molar-refractivity contribution is 0.555. The molecule has 18 heavy (non-hydrogen) atoms. The number of hydrogen-bond donors (Lipinski definition) is 2. The molecule has 1 unspecified atom stereocenters. The quantitative estimate of drug-likeness (QED) is 0.671. The molecule has 0 aliphatic heterocycles. The molecule has 0 saturated carbocycles. The van der Waals surface area contributed by atoms with E-state index < -0.39 is 6.04 Å². The van der Waals surface area contributed by atoms with Crippen LogP contribution in [-0.4, -0.2) is 4.98 Å². The Morgan fingerprint density at radius 3 is 2.78 bits per heavy atom. The molecule has 94 valence electrons. The normalized spacial score (nSPS) is 12.4. The molecule has 0 fully saturated rings. The lowest BCUT2D eigenvalue weighted by atomic mass is 10.00. The van der Waals surface area contributed by atoms with Crippen molar-refractivity contribution in [2.24, 2.45) is 5.84 Å². The fourth-order valence-corrected chi connectivity index (χ4v) is 2.32. The van der Waals surface area contributed by atoms with Crippen LogP contribution in [0.1, 0.15) is 17.2 Å². The van der Waals surface area contributed by atoms with Gasteiger partial charge in [-0.25, -0.2) is 9.82 Å². The fraction of sp³-hybridized carbons (Fsp3) is 0.0833. The second-order valence-electron chi connectivity index (χ2n) is 3.64. The molecule has 3 N–H and O–H groups in total. The average Bonchev–Trinajstić information content (AvgIpc) is 2.37. The molecule has 0 saturated heterocycles. The van der Waals surface area contributed by atoms with E-state index in [1.165, 1.54) is 6.20 Å². The number of nitrogens with two attached hydrogens (primary N) is 1. The lowest BCUT2D eigenvalue weighted by Crippen LogP contribution is -2.29. The minimum Gasteiger partial charge on any atom is -0.271 e. The van der Waals surface area contributed by atoms with Crippen molar-refractivity contribution in [2.45, 2.75) is 6.04 Å². The van der Waals surface area contributed by atoms with E-state index in [-0.39, 0.29) is 5.82 Å². The molecule has 1 atom stereocenters. The molecule has 0 aliphatic rings. The predicted octanol–water partition coefficient (Wildman–Crippen LogP) is 3.19. The molecule has 2 rings (SSSR count). The van der Waals surface area contributed by atoms with E-state index in [4.69, 9.17) is 17.4 Å². The minimum absolute atomic E-state index is 0.367. The van der Waals surface area contributed by atoms with Gasteiger partial charge in [0.2, 0.25) is 0 Å². The van der Waals surface area contributed by atoms with Crippen molar-refractivity contribution in [3.8, 4) is 0 Å². The third kappa shape index (κ3) is 2.54. The first-order valence-electron chi connectivity index (χ1n) is 5.14. The molecule has 0 aliphatic carbocycles. The molecule has 1 aromatic carbocycles. The Balaban J connectivity index is 2.53. The Morgan fingerprint density at radius 2 is 2.11 bits per heavy atom. The third-order valence-corrected chi connectivity index (χ3v) is 3.50. The van der Waals surface area contributed by atoms with Crippen molar-refractivity contribution in [2.75, 3.05) is 0 Å². The molecule has 0 bridgehead atoms. The highest BCUT2D eigenvalue weighted by Crippen LogP contribution is 2.30. The van der Waals surface area contributed by atoms with Gasteiger partial charge in [0, 0.05) is 18.0 Å². The van der Waals surface area contributed by atoms with E-state index in [1.54, 1.807) is 30.5 Å². The van der Waals surface area contributed by atoms with Gasteiger partial charge in [-0.15, -0.1) is 0 Å². The van der Waals surface area contributed by atoms with Crippen LogP contribution in [0.3, 0.4) is 0 Å². The van der Waals surface area contributed by atoms with Crippen molar-refractivity contribution in [3.05, 3.63) is 63.1 Å². The summed E-state index contributed by atoms with van der Waals surface area (Å²) >= 11 is 9.19. The zero-order valence-corrected chi connectivity index (χ0v) is 11.5. The first kappa shape index (κ1) is 13.4. The average molecular weight is 331 g/mol. The van der Waals surface area contributed by atoms with E-state index in [0.29, 0.717) is 20.6 Å². The van der Waals surface area contributed by atoms with Crippen LogP contribution in [-0.2, 0) is 0 Å². The van der Waals surface area contributed by atoms with Gasteiger partial charge >= 0.3 is 0 Å². The minimum atomic E-state index is -0.530. The Hall–Kier alpha value is -1.01. The van der Waals surface area contributed by atoms with Gasteiger partial charge in [0.1, 0.15) is 5.82 Å². The van der Waals surface area contributed by atoms with E-state index in [1.807, 2.05) is 0 Å². The number of benzene rings is 1. The van der Waals surface area contributed by atoms with Crippen LogP contribution in [0.2, 0.25) is 5.02 Å². The Morgan fingerprint density at radius 1 is 1.33 bits per heavy atom. The number of aromatic nitrogens is 1. The van der Waals surface area contributed by atoms with Crippen LogP contribution < -0.4 is 11.3 Å². The van der Waals surface area contributed by atoms with E-state index >= 15 is 0 Å². The van der Waals surface area contributed by atoms with Crippen molar-refractivity contribution >= 4 is 27.5 Å². The maximum Gasteiger partial charge on any atom is 0.142 e. The molecule has 1 aromatic heterocycles. The van der Waals surface area contributed by atoms with E-state index in [2.05, 4.69) is 26.3 Å². The largest absolute Gasteiger partial charge is 0.271 e. The highest BCUT2D eigenvalue weighted by atomic mass is 79.9. The van der Waals surface area contributed by atoms with Crippen molar-refractivity contribution in [1.29, 1.82) is 0 Å². The molecular formula is C12H10BrClFN3. The van der Waals surface area contributed by atoms with Gasteiger partial charge in [-0.2, -0.15) is 0 Å². The van der Waals surface area contributed by atoms with Gasteiger partial charge in [-0.1, -0.05) is 23.7 Å². The second-order valence-corrected chi connectivity index (χ2v) is 4.90. The van der Waals surface area contributed by atoms with Crippen molar-refractivity contribution < 1.29 is 4.39 Å². The number of pyridine rings is 1. The number of halogens is 3. The summed E-state index contributed by atoms with van der Waals surface area (Å²) in [5.41, 5.74) is 3.66. The van der Waals surface area contributed by atoms with Crippen LogP contribution in [0, 0.1) is 5.82 Å². The topological polar surface area (TPSA) is 50.9 Å². The highest BCUT2D eigenvalue weighted by Gasteiger charge is 2.20. The van der Waals surface area contributed by atoms with Gasteiger partial charge in [-0.3, -0.25) is 10.8 Å². The van der Waals surface area contributed by atoms with Crippen LogP contribution in [0.25, 0.3) is 0 Å². The summed E-state index contributed by atoms with van der Waals surface area (Å²) in [6, 6.07) is 6.19. The van der Waals surface area contributed by atoms with Gasteiger partial charge in [0.25, 0.3) is 0 Å². The Kier molecular flexibility index (Phi) is 4.29. The van der Waals surface area contributed by atoms with Gasteiger partial charge < -0.3 is 0 Å². The Labute approximate surface area is 117 Å². The molecule has 0 radical (unpaired) electrons. The van der Waals surface area contributed by atoms with Crippen molar-refractivity contribution in [3.63, 3.8) is 0 Å². The number of rotatable bonds is 3. The first-order valence-corrected chi connectivity index (χ1v) is 6.31.